The van der Waals surface area contributed by atoms with Gasteiger partial charge in [-0.2, -0.15) is 0 Å². The zero-order valence-electron chi connectivity index (χ0n) is 22.4. The molecule has 1 heterocycles. The molecular weight excluding hydrogens is 492 g/mol. The highest BCUT2D eigenvalue weighted by atomic mass is 16.6. The van der Waals surface area contributed by atoms with Gasteiger partial charge in [0.15, 0.2) is 0 Å². The van der Waals surface area contributed by atoms with Crippen LogP contribution in [-0.2, 0) is 22.5 Å². The van der Waals surface area contributed by atoms with Crippen LogP contribution in [-0.4, -0.2) is 61.5 Å². The maximum absolute atomic E-state index is 13.4. The number of carbonyl (C=O) groups is 2. The lowest BCUT2D eigenvalue weighted by molar-refractivity contribution is -0.120. The van der Waals surface area contributed by atoms with Crippen LogP contribution in [0.15, 0.2) is 78.9 Å². The third-order valence-corrected chi connectivity index (χ3v) is 6.66. The monoisotopic (exact) mass is 530 g/mol. The number of ether oxygens (including phenoxy) is 1. The number of carbonyl (C=O) groups excluding carboxylic acids is 2. The molecule has 0 bridgehead atoms. The second-order valence-electron chi connectivity index (χ2n) is 9.57. The minimum atomic E-state index is -0.445. The number of nitrogens with one attached hydrogen (secondary N) is 2. The van der Waals surface area contributed by atoms with Gasteiger partial charge in [-0.25, -0.2) is 14.8 Å². The summed E-state index contributed by atoms with van der Waals surface area (Å²) >= 11 is 0. The van der Waals surface area contributed by atoms with E-state index in [-0.39, 0.29) is 32.1 Å². The lowest BCUT2D eigenvalue weighted by Gasteiger charge is -2.37. The van der Waals surface area contributed by atoms with Crippen molar-refractivity contribution < 1.29 is 19.4 Å². The summed E-state index contributed by atoms with van der Waals surface area (Å²) in [6.45, 7) is 3.20. The summed E-state index contributed by atoms with van der Waals surface area (Å²) in [4.78, 5) is 25.9. The minimum Gasteiger partial charge on any atom is -0.446 e. The highest BCUT2D eigenvalue weighted by Crippen LogP contribution is 2.33. The molecule has 0 unspecified atom stereocenters. The van der Waals surface area contributed by atoms with Crippen molar-refractivity contribution in [1.29, 1.82) is 0 Å². The van der Waals surface area contributed by atoms with Gasteiger partial charge in [-0.15, -0.1) is 0 Å². The zero-order chi connectivity index (χ0) is 27.3. The number of hydrogen-bond donors (Lipinski definition) is 3. The number of benzene rings is 3. The van der Waals surface area contributed by atoms with Crippen molar-refractivity contribution in [3.63, 3.8) is 0 Å². The number of rotatable bonds is 12. The number of anilines is 1. The Hall–Kier alpha value is -3.72. The molecule has 2 amide bonds. The number of aliphatic hydroxyl groups excluding tert-OH is 1. The van der Waals surface area contributed by atoms with Crippen molar-refractivity contribution in [3.8, 4) is 11.1 Å². The highest BCUT2D eigenvalue weighted by molar-refractivity contribution is 5.93. The first-order valence-corrected chi connectivity index (χ1v) is 13.7. The van der Waals surface area contributed by atoms with Crippen molar-refractivity contribution >= 4 is 17.7 Å². The molecule has 3 N–H and O–H groups in total. The SMILES string of the molecule is O=C(Cc1ccc(CNCCO)cc1)NCCOC(=O)N(c1ccccc1-c1ccccc1)N1CCCCC1. The van der Waals surface area contributed by atoms with Crippen LogP contribution in [0.3, 0.4) is 0 Å². The molecule has 8 nitrogen and oxygen atoms in total. The summed E-state index contributed by atoms with van der Waals surface area (Å²) < 4.78 is 5.67. The Balaban J connectivity index is 1.33. The van der Waals surface area contributed by atoms with Crippen molar-refractivity contribution in [2.45, 2.75) is 32.2 Å². The van der Waals surface area contributed by atoms with Crippen LogP contribution in [0.25, 0.3) is 11.1 Å². The van der Waals surface area contributed by atoms with E-state index in [9.17, 15) is 9.59 Å². The van der Waals surface area contributed by atoms with E-state index in [1.54, 1.807) is 5.01 Å². The normalized spacial score (nSPS) is 13.6. The fourth-order valence-corrected chi connectivity index (χ4v) is 4.69. The quantitative estimate of drug-likeness (QED) is 0.305. The molecule has 3 aromatic carbocycles. The minimum absolute atomic E-state index is 0.0812. The Kier molecular flexibility index (Phi) is 10.9. The predicted molar refractivity (Wildman–Crippen MR) is 153 cm³/mol. The molecule has 0 aromatic heterocycles. The summed E-state index contributed by atoms with van der Waals surface area (Å²) in [5, 5.41) is 18.6. The fourth-order valence-electron chi connectivity index (χ4n) is 4.69. The first kappa shape index (κ1) is 28.3. The molecule has 3 aromatic rings. The van der Waals surface area contributed by atoms with Crippen molar-refractivity contribution in [2.24, 2.45) is 0 Å². The van der Waals surface area contributed by atoms with Gasteiger partial charge in [-0.05, 0) is 35.6 Å². The van der Waals surface area contributed by atoms with Crippen molar-refractivity contribution in [1.82, 2.24) is 15.6 Å². The maximum Gasteiger partial charge on any atom is 0.429 e. The Bertz CT molecular complexity index is 1180. The average molecular weight is 531 g/mol. The molecule has 39 heavy (non-hydrogen) atoms. The number of piperidine rings is 1. The summed E-state index contributed by atoms with van der Waals surface area (Å²) in [6, 6.07) is 25.7. The van der Waals surface area contributed by atoms with Gasteiger partial charge < -0.3 is 20.5 Å². The van der Waals surface area contributed by atoms with Gasteiger partial charge in [0, 0.05) is 31.7 Å². The van der Waals surface area contributed by atoms with Crippen LogP contribution in [0.5, 0.6) is 0 Å². The van der Waals surface area contributed by atoms with E-state index in [2.05, 4.69) is 15.6 Å². The summed E-state index contributed by atoms with van der Waals surface area (Å²) in [7, 11) is 0. The van der Waals surface area contributed by atoms with Crippen LogP contribution in [0.2, 0.25) is 0 Å². The average Bonchev–Trinajstić information content (AvgIpc) is 2.98. The summed E-state index contributed by atoms with van der Waals surface area (Å²) in [5.41, 5.74) is 4.78. The highest BCUT2D eigenvalue weighted by Gasteiger charge is 2.28. The predicted octanol–water partition coefficient (Wildman–Crippen LogP) is 4.14. The molecule has 0 saturated carbocycles. The van der Waals surface area contributed by atoms with E-state index in [1.165, 1.54) is 0 Å². The van der Waals surface area contributed by atoms with Gasteiger partial charge in [0.2, 0.25) is 5.91 Å². The smallest absolute Gasteiger partial charge is 0.429 e. The van der Waals surface area contributed by atoms with Crippen LogP contribution >= 0.6 is 0 Å². The Morgan fingerprint density at radius 3 is 2.28 bits per heavy atom. The standard InChI is InChI=1S/C31H38N4O4/c36-21-17-32-24-26-15-13-25(14-16-26)23-30(37)33-18-22-39-31(38)35(34-19-7-2-8-20-34)29-12-6-5-11-28(29)27-9-3-1-4-10-27/h1,3-6,9-16,32,36H,2,7-8,17-24H2,(H,33,37). The lowest BCUT2D eigenvalue weighted by Crippen LogP contribution is -2.50. The first-order chi connectivity index (χ1) is 19.2. The third kappa shape index (κ3) is 8.38. The van der Waals surface area contributed by atoms with Crippen LogP contribution in [0, 0.1) is 0 Å². The second kappa shape index (κ2) is 15.0. The third-order valence-electron chi connectivity index (χ3n) is 6.66. The van der Waals surface area contributed by atoms with Gasteiger partial charge in [0.1, 0.15) is 6.61 Å². The van der Waals surface area contributed by atoms with E-state index < -0.39 is 6.09 Å². The van der Waals surface area contributed by atoms with Gasteiger partial charge in [0.05, 0.1) is 25.3 Å². The van der Waals surface area contributed by atoms with Gasteiger partial charge in [-0.1, -0.05) is 79.2 Å². The number of amides is 2. The molecule has 1 fully saturated rings. The Morgan fingerprint density at radius 1 is 0.846 bits per heavy atom. The van der Waals surface area contributed by atoms with E-state index in [1.807, 2.05) is 78.9 Å². The van der Waals surface area contributed by atoms with E-state index >= 15 is 0 Å². The number of para-hydroxylation sites is 1. The van der Waals surface area contributed by atoms with E-state index in [0.29, 0.717) is 13.1 Å². The van der Waals surface area contributed by atoms with Crippen molar-refractivity contribution in [3.05, 3.63) is 90.0 Å². The Labute approximate surface area is 230 Å². The molecular formula is C31H38N4O4. The van der Waals surface area contributed by atoms with E-state index in [4.69, 9.17) is 9.84 Å². The molecule has 1 saturated heterocycles. The van der Waals surface area contributed by atoms with Crippen LogP contribution < -0.4 is 15.6 Å². The number of hydrazine groups is 1. The molecule has 0 atom stereocenters. The molecule has 0 radical (unpaired) electrons. The topological polar surface area (TPSA) is 94.1 Å². The van der Waals surface area contributed by atoms with Gasteiger partial charge in [-0.3, -0.25) is 4.79 Å². The molecule has 0 spiro atoms. The maximum atomic E-state index is 13.4. The molecule has 0 aliphatic carbocycles. The number of hydrogen-bond acceptors (Lipinski definition) is 6. The largest absolute Gasteiger partial charge is 0.446 e. The summed E-state index contributed by atoms with van der Waals surface area (Å²) in [5.74, 6) is -0.125. The van der Waals surface area contributed by atoms with Crippen LogP contribution in [0.4, 0.5) is 10.5 Å². The van der Waals surface area contributed by atoms with Gasteiger partial charge >= 0.3 is 6.09 Å². The van der Waals surface area contributed by atoms with Crippen LogP contribution in [0.1, 0.15) is 30.4 Å². The summed E-state index contributed by atoms with van der Waals surface area (Å²) in [6.07, 6.45) is 3.00. The zero-order valence-corrected chi connectivity index (χ0v) is 22.4. The lowest BCUT2D eigenvalue weighted by atomic mass is 10.0. The van der Waals surface area contributed by atoms with E-state index in [0.717, 1.165) is 60.3 Å². The second-order valence-corrected chi connectivity index (χ2v) is 9.57. The number of nitrogens with zero attached hydrogens (tertiary/aromatic N) is 2. The molecule has 1 aliphatic heterocycles. The number of aliphatic hydroxyl groups is 1. The molecule has 8 heteroatoms. The first-order valence-electron chi connectivity index (χ1n) is 13.7. The molecule has 1 aliphatic rings. The van der Waals surface area contributed by atoms with Crippen molar-refractivity contribution in [2.75, 3.05) is 44.4 Å². The fraction of sp³-hybridized carbons (Fsp3) is 0.355. The van der Waals surface area contributed by atoms with Gasteiger partial charge in [0.25, 0.3) is 0 Å². The molecule has 4 rings (SSSR count). The molecule has 206 valence electrons. The Morgan fingerprint density at radius 2 is 1.54 bits per heavy atom.